The molecule has 0 saturated carbocycles. The van der Waals surface area contributed by atoms with Crippen LogP contribution >= 0.6 is 11.6 Å². The van der Waals surface area contributed by atoms with Crippen LogP contribution in [-0.4, -0.2) is 13.1 Å². The van der Waals surface area contributed by atoms with Gasteiger partial charge < -0.3 is 4.90 Å². The number of nitrogens with zero attached hydrogens (tertiary/aromatic N) is 1. The SMILES string of the molecule is Cc1ccc(N2CCCCC2)c(Cl)c1. The minimum atomic E-state index is 0.895. The minimum Gasteiger partial charge on any atom is -0.370 e. The minimum absolute atomic E-state index is 0.895. The van der Waals surface area contributed by atoms with Crippen LogP contribution in [0.25, 0.3) is 0 Å². The third kappa shape index (κ3) is 2.03. The second-order valence-corrected chi connectivity index (χ2v) is 4.41. The summed E-state index contributed by atoms with van der Waals surface area (Å²) in [4.78, 5) is 2.39. The Labute approximate surface area is 90.7 Å². The monoisotopic (exact) mass is 209 g/mol. The topological polar surface area (TPSA) is 3.24 Å². The summed E-state index contributed by atoms with van der Waals surface area (Å²) in [6.07, 6.45) is 3.95. The summed E-state index contributed by atoms with van der Waals surface area (Å²) in [6, 6.07) is 6.32. The zero-order valence-electron chi connectivity index (χ0n) is 8.59. The molecule has 1 heterocycles. The van der Waals surface area contributed by atoms with Gasteiger partial charge in [-0.25, -0.2) is 0 Å². The molecule has 0 bridgehead atoms. The summed E-state index contributed by atoms with van der Waals surface area (Å²) in [5, 5.41) is 0.895. The zero-order valence-corrected chi connectivity index (χ0v) is 9.35. The lowest BCUT2D eigenvalue weighted by Gasteiger charge is -2.29. The van der Waals surface area contributed by atoms with Gasteiger partial charge in [0.05, 0.1) is 10.7 Å². The summed E-state index contributed by atoms with van der Waals surface area (Å²) < 4.78 is 0. The fourth-order valence-corrected chi connectivity index (χ4v) is 2.36. The number of piperidine rings is 1. The van der Waals surface area contributed by atoms with Crippen LogP contribution in [0, 0.1) is 6.92 Å². The Morgan fingerprint density at radius 1 is 1.14 bits per heavy atom. The molecule has 2 rings (SSSR count). The number of benzene rings is 1. The van der Waals surface area contributed by atoms with Crippen molar-refractivity contribution in [3.63, 3.8) is 0 Å². The molecule has 0 radical (unpaired) electrons. The van der Waals surface area contributed by atoms with Gasteiger partial charge in [0.1, 0.15) is 0 Å². The first kappa shape index (κ1) is 9.85. The van der Waals surface area contributed by atoms with E-state index in [1.165, 1.54) is 30.5 Å². The number of rotatable bonds is 1. The van der Waals surface area contributed by atoms with Crippen molar-refractivity contribution in [2.45, 2.75) is 26.2 Å². The van der Waals surface area contributed by atoms with Crippen molar-refractivity contribution in [2.75, 3.05) is 18.0 Å². The first-order valence-electron chi connectivity index (χ1n) is 5.28. The molecule has 1 aliphatic heterocycles. The average molecular weight is 210 g/mol. The fourth-order valence-electron chi connectivity index (χ4n) is 2.00. The van der Waals surface area contributed by atoms with Gasteiger partial charge in [-0.2, -0.15) is 0 Å². The molecule has 0 atom stereocenters. The van der Waals surface area contributed by atoms with Gasteiger partial charge in [0.2, 0.25) is 0 Å². The van der Waals surface area contributed by atoms with Gasteiger partial charge in [-0.3, -0.25) is 0 Å². The molecule has 1 saturated heterocycles. The van der Waals surface area contributed by atoms with Crippen molar-refractivity contribution >= 4 is 17.3 Å². The van der Waals surface area contributed by atoms with Crippen LogP contribution in [0.3, 0.4) is 0 Å². The molecule has 1 aliphatic rings. The van der Waals surface area contributed by atoms with Gasteiger partial charge in [-0.15, -0.1) is 0 Å². The Bertz CT molecular complexity index is 316. The highest BCUT2D eigenvalue weighted by Crippen LogP contribution is 2.28. The molecule has 14 heavy (non-hydrogen) atoms. The molecule has 0 aromatic heterocycles. The lowest BCUT2D eigenvalue weighted by Crippen LogP contribution is -2.29. The van der Waals surface area contributed by atoms with E-state index >= 15 is 0 Å². The third-order valence-corrected chi connectivity index (χ3v) is 3.10. The molecule has 0 N–H and O–H groups in total. The summed E-state index contributed by atoms with van der Waals surface area (Å²) in [7, 11) is 0. The van der Waals surface area contributed by atoms with E-state index < -0.39 is 0 Å². The second kappa shape index (κ2) is 4.22. The Morgan fingerprint density at radius 2 is 1.86 bits per heavy atom. The Hall–Kier alpha value is -0.690. The van der Waals surface area contributed by atoms with E-state index in [4.69, 9.17) is 11.6 Å². The van der Waals surface area contributed by atoms with E-state index in [9.17, 15) is 0 Å². The van der Waals surface area contributed by atoms with Crippen LogP contribution in [-0.2, 0) is 0 Å². The van der Waals surface area contributed by atoms with Gasteiger partial charge in [0.15, 0.2) is 0 Å². The lowest BCUT2D eigenvalue weighted by atomic mass is 10.1. The Balaban J connectivity index is 2.22. The molecule has 1 aromatic rings. The van der Waals surface area contributed by atoms with E-state index in [2.05, 4.69) is 24.0 Å². The standard InChI is InChI=1S/C12H16ClN/c1-10-5-6-12(11(13)9-10)14-7-3-2-4-8-14/h5-6,9H,2-4,7-8H2,1H3. The molecule has 76 valence electrons. The highest BCUT2D eigenvalue weighted by molar-refractivity contribution is 6.33. The number of anilines is 1. The fraction of sp³-hybridized carbons (Fsp3) is 0.500. The molecular weight excluding hydrogens is 194 g/mol. The van der Waals surface area contributed by atoms with Crippen LogP contribution < -0.4 is 4.90 Å². The molecular formula is C12H16ClN. The van der Waals surface area contributed by atoms with Crippen molar-refractivity contribution in [1.82, 2.24) is 0 Å². The van der Waals surface area contributed by atoms with E-state index in [-0.39, 0.29) is 0 Å². The maximum atomic E-state index is 6.22. The smallest absolute Gasteiger partial charge is 0.0642 e. The molecule has 2 heteroatoms. The Morgan fingerprint density at radius 3 is 2.50 bits per heavy atom. The van der Waals surface area contributed by atoms with Gasteiger partial charge in [-0.1, -0.05) is 17.7 Å². The van der Waals surface area contributed by atoms with Gasteiger partial charge in [0.25, 0.3) is 0 Å². The first-order chi connectivity index (χ1) is 6.77. The largest absolute Gasteiger partial charge is 0.370 e. The maximum Gasteiger partial charge on any atom is 0.0642 e. The zero-order chi connectivity index (χ0) is 9.97. The number of hydrogen-bond acceptors (Lipinski definition) is 1. The predicted octanol–water partition coefficient (Wildman–Crippen LogP) is 3.64. The predicted molar refractivity (Wildman–Crippen MR) is 62.3 cm³/mol. The van der Waals surface area contributed by atoms with Crippen molar-refractivity contribution in [2.24, 2.45) is 0 Å². The van der Waals surface area contributed by atoms with Crippen molar-refractivity contribution in [3.05, 3.63) is 28.8 Å². The van der Waals surface area contributed by atoms with E-state index in [1.807, 2.05) is 6.07 Å². The summed E-state index contributed by atoms with van der Waals surface area (Å²) in [5.74, 6) is 0. The lowest BCUT2D eigenvalue weighted by molar-refractivity contribution is 0.578. The first-order valence-corrected chi connectivity index (χ1v) is 5.66. The van der Waals surface area contributed by atoms with Gasteiger partial charge in [-0.05, 0) is 43.9 Å². The van der Waals surface area contributed by atoms with E-state index in [0.29, 0.717) is 0 Å². The van der Waals surface area contributed by atoms with Crippen LogP contribution in [0.5, 0.6) is 0 Å². The highest BCUT2D eigenvalue weighted by Gasteiger charge is 2.13. The molecule has 0 aliphatic carbocycles. The van der Waals surface area contributed by atoms with Crippen LogP contribution in [0.2, 0.25) is 5.02 Å². The van der Waals surface area contributed by atoms with Gasteiger partial charge in [0, 0.05) is 13.1 Å². The molecule has 1 aromatic carbocycles. The number of aryl methyl sites for hydroxylation is 1. The molecule has 0 spiro atoms. The molecule has 1 fully saturated rings. The van der Waals surface area contributed by atoms with Crippen LogP contribution in [0.4, 0.5) is 5.69 Å². The number of hydrogen-bond donors (Lipinski definition) is 0. The normalized spacial score (nSPS) is 17.1. The summed E-state index contributed by atoms with van der Waals surface area (Å²) >= 11 is 6.22. The Kier molecular flexibility index (Phi) is 2.97. The third-order valence-electron chi connectivity index (χ3n) is 2.80. The number of halogens is 1. The van der Waals surface area contributed by atoms with E-state index in [0.717, 1.165) is 18.1 Å². The van der Waals surface area contributed by atoms with Crippen molar-refractivity contribution in [3.8, 4) is 0 Å². The maximum absolute atomic E-state index is 6.22. The van der Waals surface area contributed by atoms with Crippen LogP contribution in [0.15, 0.2) is 18.2 Å². The van der Waals surface area contributed by atoms with E-state index in [1.54, 1.807) is 0 Å². The molecule has 1 nitrogen and oxygen atoms in total. The van der Waals surface area contributed by atoms with Crippen molar-refractivity contribution in [1.29, 1.82) is 0 Å². The average Bonchev–Trinajstić information content (AvgIpc) is 2.19. The molecule has 0 amide bonds. The summed E-state index contributed by atoms with van der Waals surface area (Å²) in [5.41, 5.74) is 2.44. The quantitative estimate of drug-likeness (QED) is 0.683. The van der Waals surface area contributed by atoms with Crippen LogP contribution in [0.1, 0.15) is 24.8 Å². The second-order valence-electron chi connectivity index (χ2n) is 4.00. The van der Waals surface area contributed by atoms with Crippen molar-refractivity contribution < 1.29 is 0 Å². The summed E-state index contributed by atoms with van der Waals surface area (Å²) in [6.45, 7) is 4.39. The molecule has 0 unspecified atom stereocenters. The highest BCUT2D eigenvalue weighted by atomic mass is 35.5. The van der Waals surface area contributed by atoms with Gasteiger partial charge >= 0.3 is 0 Å².